The van der Waals surface area contributed by atoms with E-state index >= 15 is 0 Å². The van der Waals surface area contributed by atoms with Crippen LogP contribution in [-0.4, -0.2) is 5.11 Å². The Morgan fingerprint density at radius 3 is 2.26 bits per heavy atom. The molecule has 0 saturated carbocycles. The summed E-state index contributed by atoms with van der Waals surface area (Å²) in [5, 5.41) is 3.70. The van der Waals surface area contributed by atoms with Gasteiger partial charge in [0.25, 0.3) is 0 Å². The summed E-state index contributed by atoms with van der Waals surface area (Å²) in [6, 6.07) is 12.5. The summed E-state index contributed by atoms with van der Waals surface area (Å²) in [7, 11) is 0. The van der Waals surface area contributed by atoms with Crippen LogP contribution in [0.3, 0.4) is 0 Å². The molecule has 0 aliphatic heterocycles. The monoisotopic (exact) mass is 325 g/mol. The van der Waals surface area contributed by atoms with Crippen molar-refractivity contribution < 1.29 is 0 Å². The molecule has 0 fully saturated rings. The molecule has 0 atom stereocenters. The minimum atomic E-state index is 0.503. The molecule has 120 valence electrons. The van der Waals surface area contributed by atoms with Crippen molar-refractivity contribution in [2.24, 2.45) is 0 Å². The molecule has 23 heavy (non-hydrogen) atoms. The highest BCUT2D eigenvalue weighted by atomic mass is 32.1. The summed E-state index contributed by atoms with van der Waals surface area (Å²) in [6.07, 6.45) is 0. The maximum atomic E-state index is 5.33. The Morgan fingerprint density at radius 2 is 1.57 bits per heavy atom. The highest BCUT2D eigenvalue weighted by Crippen LogP contribution is 2.16. The number of thiocarbonyl (C=S) groups is 1. The zero-order valence-electron chi connectivity index (χ0n) is 14.1. The molecule has 4 heteroatoms. The van der Waals surface area contributed by atoms with Gasteiger partial charge in [-0.05, 0) is 79.9 Å². The van der Waals surface area contributed by atoms with Crippen LogP contribution in [0.15, 0.2) is 43.0 Å². The van der Waals surface area contributed by atoms with E-state index in [0.29, 0.717) is 5.11 Å². The van der Waals surface area contributed by atoms with E-state index in [2.05, 4.69) is 73.9 Å². The smallest absolute Gasteiger partial charge is 0.189 e. The van der Waals surface area contributed by atoms with Gasteiger partial charge in [0, 0.05) is 5.69 Å². The molecule has 0 aliphatic carbocycles. The Morgan fingerprint density at radius 1 is 0.870 bits per heavy atom. The lowest BCUT2D eigenvalue weighted by Gasteiger charge is -2.16. The maximum Gasteiger partial charge on any atom is 0.189 e. The minimum Gasteiger partial charge on any atom is -0.331 e. The first-order valence-corrected chi connectivity index (χ1v) is 7.94. The number of aryl methyl sites for hydroxylation is 4. The second kappa shape index (κ2) is 7.29. The van der Waals surface area contributed by atoms with Crippen LogP contribution in [0.25, 0.3) is 5.70 Å². The molecule has 3 N–H and O–H groups in total. The Balaban J connectivity index is 1.94. The summed E-state index contributed by atoms with van der Waals surface area (Å²) < 4.78 is 0. The van der Waals surface area contributed by atoms with Gasteiger partial charge in [-0.1, -0.05) is 30.8 Å². The lowest BCUT2D eigenvalue weighted by Crippen LogP contribution is -2.38. The summed E-state index contributed by atoms with van der Waals surface area (Å²) in [5.41, 5.74) is 13.7. The van der Waals surface area contributed by atoms with Gasteiger partial charge in [-0.2, -0.15) is 0 Å². The fraction of sp³-hybridized carbons (Fsp3) is 0.211. The Labute approximate surface area is 143 Å². The van der Waals surface area contributed by atoms with Crippen LogP contribution < -0.4 is 16.2 Å². The molecule has 0 saturated heterocycles. The van der Waals surface area contributed by atoms with Gasteiger partial charge >= 0.3 is 0 Å². The highest BCUT2D eigenvalue weighted by Gasteiger charge is 2.04. The third-order valence-electron chi connectivity index (χ3n) is 3.82. The van der Waals surface area contributed by atoms with Crippen LogP contribution in [0.4, 0.5) is 5.69 Å². The first-order valence-electron chi connectivity index (χ1n) is 7.53. The number of hydrazine groups is 1. The molecule has 0 aromatic heterocycles. The zero-order valence-corrected chi connectivity index (χ0v) is 14.9. The summed E-state index contributed by atoms with van der Waals surface area (Å²) in [6.45, 7) is 12.3. The Hall–Kier alpha value is -2.33. The zero-order chi connectivity index (χ0) is 17.0. The normalized spacial score (nSPS) is 10.1. The molecule has 0 amide bonds. The quantitative estimate of drug-likeness (QED) is 0.576. The Bertz CT molecular complexity index is 750. The van der Waals surface area contributed by atoms with Crippen molar-refractivity contribution in [3.05, 3.63) is 70.8 Å². The van der Waals surface area contributed by atoms with Crippen LogP contribution >= 0.6 is 12.2 Å². The largest absolute Gasteiger partial charge is 0.331 e. The van der Waals surface area contributed by atoms with Gasteiger partial charge in [-0.3, -0.25) is 10.9 Å². The van der Waals surface area contributed by atoms with Crippen LogP contribution in [0, 0.1) is 27.7 Å². The third-order valence-corrected chi connectivity index (χ3v) is 4.03. The van der Waals surface area contributed by atoms with Crippen LogP contribution in [0.1, 0.15) is 27.8 Å². The molecule has 2 aromatic carbocycles. The van der Waals surface area contributed by atoms with Gasteiger partial charge in [-0.25, -0.2) is 0 Å². The lowest BCUT2D eigenvalue weighted by atomic mass is 10.1. The van der Waals surface area contributed by atoms with E-state index in [1.165, 1.54) is 16.7 Å². The van der Waals surface area contributed by atoms with E-state index in [9.17, 15) is 0 Å². The van der Waals surface area contributed by atoms with Gasteiger partial charge in [0.1, 0.15) is 0 Å². The van der Waals surface area contributed by atoms with Gasteiger partial charge in [0.15, 0.2) is 5.11 Å². The fourth-order valence-corrected chi connectivity index (χ4v) is 2.32. The number of nitrogens with one attached hydrogen (secondary N) is 3. The topological polar surface area (TPSA) is 36.1 Å². The average molecular weight is 325 g/mol. The van der Waals surface area contributed by atoms with Crippen molar-refractivity contribution in [2.75, 3.05) is 5.32 Å². The van der Waals surface area contributed by atoms with Crippen LogP contribution in [-0.2, 0) is 0 Å². The van der Waals surface area contributed by atoms with E-state index in [0.717, 1.165) is 22.5 Å². The average Bonchev–Trinajstić information content (AvgIpc) is 2.51. The molecule has 3 nitrogen and oxygen atoms in total. The van der Waals surface area contributed by atoms with Crippen molar-refractivity contribution in [3.8, 4) is 0 Å². The van der Waals surface area contributed by atoms with Gasteiger partial charge in [0.2, 0.25) is 0 Å². The predicted molar refractivity (Wildman–Crippen MR) is 103 cm³/mol. The molecule has 2 aromatic rings. The number of hydrogen-bond acceptors (Lipinski definition) is 2. The van der Waals surface area contributed by atoms with Gasteiger partial charge < -0.3 is 5.32 Å². The molecular weight excluding hydrogens is 302 g/mol. The molecule has 0 radical (unpaired) electrons. The minimum absolute atomic E-state index is 0.503. The number of hydrogen-bond donors (Lipinski definition) is 3. The SMILES string of the molecule is C=C(NNC(=S)Nc1cc(C)ccc1C)c1ccc(C)c(C)c1. The molecule has 0 unspecified atom stereocenters. The summed E-state index contributed by atoms with van der Waals surface area (Å²) in [4.78, 5) is 0. The third kappa shape index (κ3) is 4.57. The van der Waals surface area contributed by atoms with Gasteiger partial charge in [0.05, 0.1) is 5.70 Å². The number of anilines is 1. The number of rotatable bonds is 4. The summed E-state index contributed by atoms with van der Waals surface area (Å²) in [5.74, 6) is 0. The van der Waals surface area contributed by atoms with E-state index < -0.39 is 0 Å². The van der Waals surface area contributed by atoms with Gasteiger partial charge in [-0.15, -0.1) is 0 Å². The molecular formula is C19H23N3S. The van der Waals surface area contributed by atoms with E-state index in [4.69, 9.17) is 12.2 Å². The first-order chi connectivity index (χ1) is 10.9. The fourth-order valence-electron chi connectivity index (χ4n) is 2.16. The van der Waals surface area contributed by atoms with E-state index in [1.807, 2.05) is 13.0 Å². The van der Waals surface area contributed by atoms with Crippen molar-refractivity contribution in [2.45, 2.75) is 27.7 Å². The maximum absolute atomic E-state index is 5.33. The highest BCUT2D eigenvalue weighted by molar-refractivity contribution is 7.80. The standard InChI is InChI=1S/C19H23N3S/c1-12-6-7-14(3)18(10-12)20-19(23)22-21-16(5)17-9-8-13(2)15(4)11-17/h6-11,21H,5H2,1-4H3,(H2,20,22,23). The van der Waals surface area contributed by atoms with E-state index in [1.54, 1.807) is 0 Å². The van der Waals surface area contributed by atoms with Crippen LogP contribution in [0.5, 0.6) is 0 Å². The molecule has 2 rings (SSSR count). The number of benzene rings is 2. The molecule has 0 spiro atoms. The van der Waals surface area contributed by atoms with Crippen LogP contribution in [0.2, 0.25) is 0 Å². The van der Waals surface area contributed by atoms with Crippen molar-refractivity contribution in [1.82, 2.24) is 10.9 Å². The van der Waals surface area contributed by atoms with E-state index in [-0.39, 0.29) is 0 Å². The van der Waals surface area contributed by atoms with Crippen molar-refractivity contribution >= 4 is 28.7 Å². The molecule has 0 heterocycles. The second-order valence-electron chi connectivity index (χ2n) is 5.80. The first kappa shape index (κ1) is 17.0. The molecule has 0 bridgehead atoms. The summed E-state index contributed by atoms with van der Waals surface area (Å²) >= 11 is 5.33. The Kier molecular flexibility index (Phi) is 5.40. The predicted octanol–water partition coefficient (Wildman–Crippen LogP) is 4.38. The molecule has 0 aliphatic rings. The second-order valence-corrected chi connectivity index (χ2v) is 6.21. The van der Waals surface area contributed by atoms with Crippen molar-refractivity contribution in [1.29, 1.82) is 0 Å². The van der Waals surface area contributed by atoms with Crippen molar-refractivity contribution in [3.63, 3.8) is 0 Å². The lowest BCUT2D eigenvalue weighted by molar-refractivity contribution is 0.850.